The Morgan fingerprint density at radius 3 is 2.40 bits per heavy atom. The predicted octanol–water partition coefficient (Wildman–Crippen LogP) is 0.118. The van der Waals surface area contributed by atoms with Gasteiger partial charge in [0.1, 0.15) is 0 Å². The summed E-state index contributed by atoms with van der Waals surface area (Å²) in [4.78, 5) is 17.3. The van der Waals surface area contributed by atoms with Crippen molar-refractivity contribution in [2.45, 2.75) is 6.92 Å². The minimum Gasteiger partial charge on any atom is -0.392 e. The Hall–Kier alpha value is -0.0400. The summed E-state index contributed by atoms with van der Waals surface area (Å²) in [6.07, 6.45) is 1.33. The lowest BCUT2D eigenvalue weighted by Gasteiger charge is -2.13. The van der Waals surface area contributed by atoms with Crippen LogP contribution in [-0.2, 0) is 18.0 Å². The molecule has 0 aromatic rings. The molecule has 0 rings (SSSR count). The van der Waals surface area contributed by atoms with Crippen molar-refractivity contribution in [3.8, 4) is 0 Å². The number of phosphoric acid groups is 1. The van der Waals surface area contributed by atoms with Gasteiger partial charge in [0.15, 0.2) is 0 Å². The Kier molecular flexibility index (Phi) is 5.87. The monoisotopic (exact) mass is 261 g/mol. The molecule has 0 aromatic carbocycles. The third-order valence-corrected chi connectivity index (χ3v) is 3.33. The topological polar surface area (TPSA) is 139 Å². The van der Waals surface area contributed by atoms with Crippen LogP contribution in [0.1, 0.15) is 6.92 Å². The van der Waals surface area contributed by atoms with E-state index in [1.807, 2.05) is 0 Å². The van der Waals surface area contributed by atoms with Crippen LogP contribution < -0.4 is 5.50 Å². The average Bonchev–Trinajstić information content (AvgIpc) is 1.97. The fraction of sp³-hybridized carbons (Fsp3) is 0.600. The molecule has 10 heteroatoms. The second-order valence-electron chi connectivity index (χ2n) is 2.62. The van der Waals surface area contributed by atoms with Crippen LogP contribution in [0.25, 0.3) is 0 Å². The van der Waals surface area contributed by atoms with Gasteiger partial charge in [0, 0.05) is 0 Å². The summed E-state index contributed by atoms with van der Waals surface area (Å²) in [5, 5.41) is 8.45. The maximum atomic E-state index is 10.9. The first kappa shape index (κ1) is 15.0. The van der Waals surface area contributed by atoms with Crippen LogP contribution in [-0.4, -0.2) is 28.1 Å². The Labute approximate surface area is 86.5 Å². The lowest BCUT2D eigenvalue weighted by Crippen LogP contribution is -2.01. The van der Waals surface area contributed by atoms with Crippen molar-refractivity contribution in [3.05, 3.63) is 11.6 Å². The average molecular weight is 261 g/mol. The van der Waals surface area contributed by atoms with Crippen molar-refractivity contribution < 1.29 is 32.9 Å². The molecular weight excluding hydrogens is 248 g/mol. The van der Waals surface area contributed by atoms with E-state index in [1.165, 1.54) is 13.0 Å². The van der Waals surface area contributed by atoms with E-state index in [0.29, 0.717) is 5.57 Å². The van der Waals surface area contributed by atoms with Crippen molar-refractivity contribution in [1.29, 1.82) is 0 Å². The molecular formula is C5H13NO7P2. The summed E-state index contributed by atoms with van der Waals surface area (Å²) < 4.78 is 29.5. The van der Waals surface area contributed by atoms with Crippen LogP contribution in [0.2, 0.25) is 0 Å². The lowest BCUT2D eigenvalue weighted by atomic mass is 10.3. The first-order valence-electron chi connectivity index (χ1n) is 3.73. The van der Waals surface area contributed by atoms with Crippen molar-refractivity contribution in [3.63, 3.8) is 0 Å². The second-order valence-corrected chi connectivity index (χ2v) is 5.60. The van der Waals surface area contributed by atoms with Gasteiger partial charge in [0.05, 0.1) is 13.2 Å². The van der Waals surface area contributed by atoms with E-state index >= 15 is 0 Å². The normalized spacial score (nSPS) is 20.7. The quantitative estimate of drug-likeness (QED) is 0.390. The van der Waals surface area contributed by atoms with Crippen molar-refractivity contribution >= 4 is 15.6 Å². The van der Waals surface area contributed by atoms with Gasteiger partial charge in [-0.05, 0) is 12.5 Å². The molecule has 0 aliphatic carbocycles. The molecule has 0 radical (unpaired) electrons. The Morgan fingerprint density at radius 1 is 1.47 bits per heavy atom. The Bertz CT molecular complexity index is 321. The number of aliphatic hydroxyl groups is 1. The lowest BCUT2D eigenvalue weighted by molar-refractivity contribution is 0.208. The van der Waals surface area contributed by atoms with Crippen LogP contribution >= 0.6 is 15.6 Å². The molecule has 2 unspecified atom stereocenters. The number of hydrogen-bond acceptors (Lipinski definition) is 5. The smallest absolute Gasteiger partial charge is 0.392 e. The SMILES string of the molecule is CC(=CCO)COP(=O)(O)OP(N)(=O)O. The molecule has 0 bridgehead atoms. The summed E-state index contributed by atoms with van der Waals surface area (Å²) in [5.74, 6) is 0. The van der Waals surface area contributed by atoms with Crippen molar-refractivity contribution in [2.75, 3.05) is 13.2 Å². The highest BCUT2D eigenvalue weighted by Gasteiger charge is 2.30. The number of phosphoric ester groups is 1. The molecule has 0 fully saturated rings. The maximum absolute atomic E-state index is 10.9. The van der Waals surface area contributed by atoms with E-state index in [-0.39, 0.29) is 13.2 Å². The van der Waals surface area contributed by atoms with Crippen LogP contribution in [0.15, 0.2) is 11.6 Å². The third kappa shape index (κ3) is 8.92. The summed E-state index contributed by atoms with van der Waals surface area (Å²) in [7, 11) is -9.22. The molecule has 90 valence electrons. The minimum absolute atomic E-state index is 0.249. The summed E-state index contributed by atoms with van der Waals surface area (Å²) in [5.41, 5.74) is 4.97. The zero-order chi connectivity index (χ0) is 12.1. The fourth-order valence-corrected chi connectivity index (χ4v) is 2.31. The summed E-state index contributed by atoms with van der Waals surface area (Å²) in [6, 6.07) is 0. The van der Waals surface area contributed by atoms with Crippen LogP contribution in [0.4, 0.5) is 0 Å². The number of aliphatic hydroxyl groups excluding tert-OH is 1. The molecule has 0 aliphatic heterocycles. The highest BCUT2D eigenvalue weighted by molar-refractivity contribution is 7.62. The predicted molar refractivity (Wildman–Crippen MR) is 51.7 cm³/mol. The number of rotatable bonds is 6. The third-order valence-electron chi connectivity index (χ3n) is 1.12. The van der Waals surface area contributed by atoms with E-state index < -0.39 is 15.6 Å². The van der Waals surface area contributed by atoms with E-state index in [2.05, 4.69) is 14.3 Å². The van der Waals surface area contributed by atoms with Crippen molar-refractivity contribution in [1.82, 2.24) is 0 Å². The molecule has 5 N–H and O–H groups in total. The van der Waals surface area contributed by atoms with Gasteiger partial charge < -0.3 is 14.9 Å². The molecule has 8 nitrogen and oxygen atoms in total. The van der Waals surface area contributed by atoms with E-state index in [1.54, 1.807) is 0 Å². The second kappa shape index (κ2) is 5.89. The molecule has 0 aliphatic rings. The van der Waals surface area contributed by atoms with Gasteiger partial charge >= 0.3 is 15.6 Å². The Balaban J connectivity index is 4.23. The first-order chi connectivity index (χ1) is 6.66. The standard InChI is InChI=1S/C5H13NO7P2/c1-5(2-3-7)4-12-15(10,11)13-14(6,8)9/h2,7H,3-4H2,1H3,(H,10,11)(H3,6,8,9). The highest BCUT2D eigenvalue weighted by Crippen LogP contribution is 2.55. The molecule has 0 spiro atoms. The summed E-state index contributed by atoms with van der Waals surface area (Å²) in [6.45, 7) is 0.951. The number of hydrogen-bond donors (Lipinski definition) is 4. The Morgan fingerprint density at radius 2 is 2.00 bits per heavy atom. The van der Waals surface area contributed by atoms with Gasteiger partial charge in [-0.15, -0.1) is 0 Å². The molecule has 0 aromatic heterocycles. The van der Waals surface area contributed by atoms with E-state index in [4.69, 9.17) is 14.9 Å². The van der Waals surface area contributed by atoms with E-state index in [9.17, 15) is 9.13 Å². The van der Waals surface area contributed by atoms with Crippen molar-refractivity contribution in [2.24, 2.45) is 5.50 Å². The van der Waals surface area contributed by atoms with Gasteiger partial charge in [-0.1, -0.05) is 6.08 Å². The largest absolute Gasteiger partial charge is 0.480 e. The van der Waals surface area contributed by atoms with Crippen LogP contribution in [0.3, 0.4) is 0 Å². The maximum Gasteiger partial charge on any atom is 0.480 e. The minimum atomic E-state index is -4.65. The fourth-order valence-electron chi connectivity index (χ4n) is 0.570. The van der Waals surface area contributed by atoms with E-state index in [0.717, 1.165) is 0 Å². The highest BCUT2D eigenvalue weighted by atomic mass is 31.3. The molecule has 0 amide bonds. The van der Waals surface area contributed by atoms with Gasteiger partial charge in [-0.3, -0.25) is 4.52 Å². The molecule has 0 heterocycles. The van der Waals surface area contributed by atoms with Gasteiger partial charge in [-0.2, -0.15) is 4.31 Å². The van der Waals surface area contributed by atoms with Crippen LogP contribution in [0, 0.1) is 0 Å². The van der Waals surface area contributed by atoms with Crippen LogP contribution in [0.5, 0.6) is 0 Å². The zero-order valence-electron chi connectivity index (χ0n) is 7.94. The van der Waals surface area contributed by atoms with Gasteiger partial charge in [0.25, 0.3) is 0 Å². The molecule has 2 atom stereocenters. The molecule has 15 heavy (non-hydrogen) atoms. The summed E-state index contributed by atoms with van der Waals surface area (Å²) >= 11 is 0. The molecule has 0 saturated heterocycles. The molecule has 0 saturated carbocycles. The van der Waals surface area contributed by atoms with Gasteiger partial charge in [0.2, 0.25) is 0 Å². The number of nitrogens with two attached hydrogens (primary N) is 1. The van der Waals surface area contributed by atoms with Gasteiger partial charge in [-0.25, -0.2) is 14.6 Å². The first-order valence-corrected chi connectivity index (χ1v) is 6.87. The zero-order valence-corrected chi connectivity index (χ0v) is 9.73.